The minimum atomic E-state index is -0.135. The first-order chi connectivity index (χ1) is 18.1. The van der Waals surface area contributed by atoms with Crippen LogP contribution in [0.25, 0.3) is 0 Å². The first kappa shape index (κ1) is 35.5. The molecule has 0 aliphatic rings. The maximum Gasteiger partial charge on any atom is 0.219 e. The maximum absolute atomic E-state index is 12.6. The van der Waals surface area contributed by atoms with Crippen LogP contribution in [0.4, 0.5) is 0 Å². The fourth-order valence-electron chi connectivity index (χ4n) is 4.02. The lowest BCUT2D eigenvalue weighted by atomic mass is 10.1. The zero-order chi connectivity index (χ0) is 28.8. The van der Waals surface area contributed by atoms with Crippen LogP contribution in [0.3, 0.4) is 0 Å². The van der Waals surface area contributed by atoms with E-state index in [4.69, 9.17) is 0 Å². The van der Waals surface area contributed by atoms with Crippen molar-refractivity contribution in [1.29, 1.82) is 0 Å². The number of ketones is 3. The highest BCUT2D eigenvalue weighted by Gasteiger charge is 2.19. The SMILES string of the molecule is CNC(=O)CCCCCCC(=O)CN(CC(=O)CCCCCCC(=O)NC)CC(=O)CCC[N+](=O)C(C)C. The molecule has 0 fully saturated rings. The van der Waals surface area contributed by atoms with Crippen molar-refractivity contribution < 1.29 is 28.7 Å². The number of unbranched alkanes of at least 4 members (excludes halogenated alkanes) is 6. The number of carbonyl (C=O) groups excluding carboxylic acids is 5. The summed E-state index contributed by atoms with van der Waals surface area (Å²) >= 11 is 0. The van der Waals surface area contributed by atoms with E-state index in [9.17, 15) is 28.9 Å². The van der Waals surface area contributed by atoms with E-state index >= 15 is 0 Å². The Bertz CT molecular complexity index is 712. The molecule has 2 amide bonds. The molecule has 0 rings (SSSR count). The Labute approximate surface area is 228 Å². The fraction of sp³-hybridized carbons (Fsp3) is 0.821. The Hall–Kier alpha value is -2.49. The molecule has 10 nitrogen and oxygen atoms in total. The normalized spacial score (nSPS) is 11.0. The molecule has 0 spiro atoms. The summed E-state index contributed by atoms with van der Waals surface area (Å²) < 4.78 is 0.946. The summed E-state index contributed by atoms with van der Waals surface area (Å²) in [6, 6.07) is -0.135. The van der Waals surface area contributed by atoms with E-state index < -0.39 is 0 Å². The van der Waals surface area contributed by atoms with E-state index in [1.807, 2.05) is 0 Å². The lowest BCUT2D eigenvalue weighted by Crippen LogP contribution is -2.38. The van der Waals surface area contributed by atoms with Gasteiger partial charge in [-0.15, -0.1) is 0 Å². The molecule has 0 saturated carbocycles. The molecular weight excluding hydrogens is 488 g/mol. The van der Waals surface area contributed by atoms with Crippen molar-refractivity contribution in [3.63, 3.8) is 0 Å². The third kappa shape index (κ3) is 20.6. The molecule has 0 aromatic heterocycles. The first-order valence-electron chi connectivity index (χ1n) is 14.2. The zero-order valence-electron chi connectivity index (χ0n) is 24.1. The monoisotopic (exact) mass is 539 g/mol. The van der Waals surface area contributed by atoms with Gasteiger partial charge >= 0.3 is 0 Å². The van der Waals surface area contributed by atoms with Crippen LogP contribution >= 0.6 is 0 Å². The first-order valence-corrected chi connectivity index (χ1v) is 14.2. The van der Waals surface area contributed by atoms with Gasteiger partial charge in [-0.1, -0.05) is 25.7 Å². The highest BCUT2D eigenvalue weighted by atomic mass is 16.3. The quantitative estimate of drug-likeness (QED) is 0.134. The van der Waals surface area contributed by atoms with Crippen molar-refractivity contribution in [3.8, 4) is 0 Å². The summed E-state index contributed by atoms with van der Waals surface area (Å²) in [5.41, 5.74) is 0. The molecule has 2 N–H and O–H groups in total. The molecule has 0 unspecified atom stereocenters. The Kier molecular flexibility index (Phi) is 21.0. The number of carbonyl (C=O) groups is 5. The van der Waals surface area contributed by atoms with Crippen LogP contribution in [0.2, 0.25) is 0 Å². The summed E-state index contributed by atoms with van der Waals surface area (Å²) in [6.07, 6.45) is 8.85. The van der Waals surface area contributed by atoms with Gasteiger partial charge in [-0.3, -0.25) is 28.9 Å². The molecule has 0 atom stereocenters. The van der Waals surface area contributed by atoms with E-state index in [1.165, 1.54) is 0 Å². The Morgan fingerprint density at radius 2 is 0.921 bits per heavy atom. The van der Waals surface area contributed by atoms with Gasteiger partial charge < -0.3 is 10.6 Å². The number of nitroso groups, excluding NO2 is 1. The Morgan fingerprint density at radius 3 is 1.26 bits per heavy atom. The van der Waals surface area contributed by atoms with Gasteiger partial charge in [-0.2, -0.15) is 0 Å². The van der Waals surface area contributed by atoms with Crippen molar-refractivity contribution in [3.05, 3.63) is 4.91 Å². The number of rotatable bonds is 25. The number of nitrogens with one attached hydrogen (secondary N) is 2. The van der Waals surface area contributed by atoms with Crippen molar-refractivity contribution in [1.82, 2.24) is 15.5 Å². The predicted octanol–water partition coefficient (Wildman–Crippen LogP) is 3.14. The molecule has 38 heavy (non-hydrogen) atoms. The van der Waals surface area contributed by atoms with E-state index in [0.717, 1.165) is 43.3 Å². The average molecular weight is 540 g/mol. The van der Waals surface area contributed by atoms with Gasteiger partial charge in [0.05, 0.1) is 19.6 Å². The Morgan fingerprint density at radius 1 is 0.579 bits per heavy atom. The smallest absolute Gasteiger partial charge is 0.219 e. The minimum absolute atomic E-state index is 0.00311. The molecule has 0 aromatic carbocycles. The largest absolute Gasteiger partial charge is 0.359 e. The molecule has 0 saturated heterocycles. The van der Waals surface area contributed by atoms with Gasteiger partial charge in [0.15, 0.2) is 12.6 Å². The summed E-state index contributed by atoms with van der Waals surface area (Å²) in [7, 11) is 3.23. The highest BCUT2D eigenvalue weighted by Crippen LogP contribution is 2.09. The van der Waals surface area contributed by atoms with Crippen LogP contribution in [-0.4, -0.2) is 85.1 Å². The second-order valence-electron chi connectivity index (χ2n) is 10.3. The molecule has 0 heterocycles. The van der Waals surface area contributed by atoms with Gasteiger partial charge in [0.25, 0.3) is 0 Å². The Balaban J connectivity index is 4.59. The van der Waals surface area contributed by atoms with Gasteiger partial charge in [0.1, 0.15) is 17.3 Å². The topological polar surface area (TPSA) is 133 Å². The van der Waals surface area contributed by atoms with Crippen molar-refractivity contribution in [2.45, 2.75) is 110 Å². The van der Waals surface area contributed by atoms with Crippen molar-refractivity contribution >= 4 is 29.2 Å². The number of nitrogens with zero attached hydrogens (tertiary/aromatic N) is 2. The van der Waals surface area contributed by atoms with Crippen LogP contribution < -0.4 is 10.6 Å². The van der Waals surface area contributed by atoms with E-state index in [2.05, 4.69) is 10.6 Å². The third-order valence-corrected chi connectivity index (χ3v) is 6.39. The summed E-state index contributed by atoms with van der Waals surface area (Å²) in [4.78, 5) is 73.6. The lowest BCUT2D eigenvalue weighted by molar-refractivity contribution is -0.579. The van der Waals surface area contributed by atoms with Crippen LogP contribution in [0, 0.1) is 4.91 Å². The summed E-state index contributed by atoms with van der Waals surface area (Å²) in [5.74, 6) is -0.0522. The van der Waals surface area contributed by atoms with Crippen molar-refractivity contribution in [2.75, 3.05) is 40.3 Å². The molecule has 0 bridgehead atoms. The third-order valence-electron chi connectivity index (χ3n) is 6.39. The fourth-order valence-corrected chi connectivity index (χ4v) is 4.02. The predicted molar refractivity (Wildman–Crippen MR) is 148 cm³/mol. The van der Waals surface area contributed by atoms with E-state index in [-0.39, 0.29) is 67.8 Å². The molecule has 218 valence electrons. The van der Waals surface area contributed by atoms with Gasteiger partial charge in [-0.05, 0) is 25.7 Å². The highest BCUT2D eigenvalue weighted by molar-refractivity contribution is 5.86. The maximum atomic E-state index is 12.6. The molecule has 0 aliphatic carbocycles. The summed E-state index contributed by atoms with van der Waals surface area (Å²) in [6.45, 7) is 4.02. The number of amides is 2. The number of hydrogen-bond donors (Lipinski definition) is 2. The number of Topliss-reactive ketones (excluding diaryl/α,β-unsaturated/α-hetero) is 3. The molecule has 10 heteroatoms. The van der Waals surface area contributed by atoms with Crippen LogP contribution in [0.1, 0.15) is 104 Å². The zero-order valence-corrected chi connectivity index (χ0v) is 24.1. The van der Waals surface area contributed by atoms with Crippen LogP contribution in [0.15, 0.2) is 0 Å². The van der Waals surface area contributed by atoms with Crippen molar-refractivity contribution in [2.24, 2.45) is 0 Å². The van der Waals surface area contributed by atoms with Gasteiger partial charge in [0, 0.05) is 76.1 Å². The lowest BCUT2D eigenvalue weighted by Gasteiger charge is -2.20. The number of hydrogen-bond acceptors (Lipinski definition) is 7. The van der Waals surface area contributed by atoms with Gasteiger partial charge in [0.2, 0.25) is 11.8 Å². The second-order valence-corrected chi connectivity index (χ2v) is 10.3. The minimum Gasteiger partial charge on any atom is -0.359 e. The molecule has 0 aromatic rings. The molecule has 0 radical (unpaired) electrons. The molecule has 0 aliphatic heterocycles. The second kappa shape index (κ2) is 22.5. The standard InChI is InChI=1S/C28H50N4O6/c1-23(2)32(38)19-13-16-26(35)22-31(20-24(33)14-9-5-7-11-17-27(36)29-3)21-25(34)15-10-6-8-12-18-28(37)30-4/h23H,5-22H2,1-4H3,(H-,29,30,36,37)/p+1. The summed E-state index contributed by atoms with van der Waals surface area (Å²) in [5, 5.41) is 5.18. The average Bonchev–Trinajstić information content (AvgIpc) is 2.87. The van der Waals surface area contributed by atoms with Gasteiger partial charge in [-0.25, -0.2) is 0 Å². The van der Waals surface area contributed by atoms with Crippen LogP contribution in [-0.2, 0) is 24.0 Å². The van der Waals surface area contributed by atoms with E-state index in [0.29, 0.717) is 44.9 Å². The van der Waals surface area contributed by atoms with Crippen LogP contribution in [0.5, 0.6) is 0 Å². The van der Waals surface area contributed by atoms with E-state index in [1.54, 1.807) is 32.8 Å². The molecular formula is C28H51N4O6+.